The molecule has 0 aliphatic carbocycles. The fraction of sp³-hybridized carbons (Fsp3) is 0.571. The Morgan fingerprint density at radius 2 is 2.17 bits per heavy atom. The molecule has 0 saturated carbocycles. The Labute approximate surface area is 107 Å². The normalized spacial score (nSPS) is 20.8. The van der Waals surface area contributed by atoms with Gasteiger partial charge in [-0.1, -0.05) is 6.07 Å². The summed E-state index contributed by atoms with van der Waals surface area (Å²) in [7, 11) is 0. The number of benzene rings is 1. The molecule has 1 aromatic carbocycles. The third kappa shape index (κ3) is 2.65. The van der Waals surface area contributed by atoms with Crippen molar-refractivity contribution in [2.75, 3.05) is 24.6 Å². The van der Waals surface area contributed by atoms with Gasteiger partial charge in [0.05, 0.1) is 18.3 Å². The standard InChI is InChI=1S/C14H20FNO2/c1-10(17)13-11(15)5-4-6-12(13)16-7-8-18-14(2,3)9-16/h4-6,10,17H,7-9H2,1-3H3. The van der Waals surface area contributed by atoms with Gasteiger partial charge in [0, 0.05) is 24.3 Å². The second-order valence-corrected chi connectivity index (χ2v) is 5.38. The Hall–Kier alpha value is -1.13. The predicted octanol–water partition coefficient (Wildman–Crippen LogP) is 2.49. The average Bonchev–Trinajstić information content (AvgIpc) is 2.26. The number of halogens is 1. The number of hydrogen-bond acceptors (Lipinski definition) is 3. The number of aliphatic hydroxyl groups is 1. The van der Waals surface area contributed by atoms with Crippen molar-refractivity contribution in [2.24, 2.45) is 0 Å². The fourth-order valence-corrected chi connectivity index (χ4v) is 2.44. The van der Waals surface area contributed by atoms with Crippen LogP contribution in [0.15, 0.2) is 18.2 Å². The molecule has 0 aromatic heterocycles. The van der Waals surface area contributed by atoms with E-state index in [4.69, 9.17) is 4.74 Å². The first-order chi connectivity index (χ1) is 8.41. The van der Waals surface area contributed by atoms with Crippen LogP contribution in [-0.4, -0.2) is 30.4 Å². The van der Waals surface area contributed by atoms with Crippen LogP contribution in [0.2, 0.25) is 0 Å². The molecule has 1 aromatic rings. The summed E-state index contributed by atoms with van der Waals surface area (Å²) in [6.45, 7) is 7.64. The molecule has 4 heteroatoms. The van der Waals surface area contributed by atoms with Crippen LogP contribution in [0, 0.1) is 5.82 Å². The van der Waals surface area contributed by atoms with Crippen LogP contribution in [0.4, 0.5) is 10.1 Å². The van der Waals surface area contributed by atoms with Crippen molar-refractivity contribution in [3.05, 3.63) is 29.6 Å². The fourth-order valence-electron chi connectivity index (χ4n) is 2.44. The molecule has 1 saturated heterocycles. The number of nitrogens with zero attached hydrogens (tertiary/aromatic N) is 1. The van der Waals surface area contributed by atoms with E-state index in [-0.39, 0.29) is 11.4 Å². The van der Waals surface area contributed by atoms with E-state index in [1.54, 1.807) is 13.0 Å². The van der Waals surface area contributed by atoms with Crippen molar-refractivity contribution >= 4 is 5.69 Å². The van der Waals surface area contributed by atoms with Crippen molar-refractivity contribution < 1.29 is 14.2 Å². The molecule has 100 valence electrons. The highest BCUT2D eigenvalue weighted by Crippen LogP contribution is 2.31. The summed E-state index contributed by atoms with van der Waals surface area (Å²) in [4.78, 5) is 2.08. The van der Waals surface area contributed by atoms with E-state index in [1.165, 1.54) is 6.07 Å². The van der Waals surface area contributed by atoms with E-state index < -0.39 is 6.10 Å². The molecule has 1 aliphatic rings. The van der Waals surface area contributed by atoms with Gasteiger partial charge >= 0.3 is 0 Å². The van der Waals surface area contributed by atoms with Gasteiger partial charge in [-0.15, -0.1) is 0 Å². The van der Waals surface area contributed by atoms with Crippen LogP contribution in [0.5, 0.6) is 0 Å². The van der Waals surface area contributed by atoms with E-state index in [2.05, 4.69) is 4.90 Å². The molecule has 1 aliphatic heterocycles. The predicted molar refractivity (Wildman–Crippen MR) is 69.3 cm³/mol. The first-order valence-corrected chi connectivity index (χ1v) is 6.26. The third-order valence-electron chi connectivity index (χ3n) is 3.21. The zero-order valence-corrected chi connectivity index (χ0v) is 11.1. The van der Waals surface area contributed by atoms with Gasteiger partial charge in [-0.2, -0.15) is 0 Å². The van der Waals surface area contributed by atoms with Crippen molar-refractivity contribution in [2.45, 2.75) is 32.5 Å². The van der Waals surface area contributed by atoms with Gasteiger partial charge in [0.2, 0.25) is 0 Å². The van der Waals surface area contributed by atoms with Gasteiger partial charge in [-0.25, -0.2) is 4.39 Å². The highest BCUT2D eigenvalue weighted by Gasteiger charge is 2.29. The Morgan fingerprint density at radius 3 is 2.78 bits per heavy atom. The van der Waals surface area contributed by atoms with Gasteiger partial charge in [-0.3, -0.25) is 0 Å². The molecule has 1 fully saturated rings. The summed E-state index contributed by atoms with van der Waals surface area (Å²) in [5, 5.41) is 9.75. The van der Waals surface area contributed by atoms with Gasteiger partial charge in [0.1, 0.15) is 5.82 Å². The van der Waals surface area contributed by atoms with Gasteiger partial charge in [0.15, 0.2) is 0 Å². The lowest BCUT2D eigenvalue weighted by atomic mass is 10.0. The number of rotatable bonds is 2. The first-order valence-electron chi connectivity index (χ1n) is 6.26. The molecular weight excluding hydrogens is 233 g/mol. The number of morpholine rings is 1. The highest BCUT2D eigenvalue weighted by molar-refractivity contribution is 5.55. The Morgan fingerprint density at radius 1 is 1.44 bits per heavy atom. The first kappa shape index (κ1) is 13.3. The number of anilines is 1. The minimum Gasteiger partial charge on any atom is -0.389 e. The summed E-state index contributed by atoms with van der Waals surface area (Å²) in [5.74, 6) is -0.355. The number of hydrogen-bond donors (Lipinski definition) is 1. The number of ether oxygens (including phenoxy) is 1. The zero-order chi connectivity index (χ0) is 13.3. The van der Waals surface area contributed by atoms with Crippen LogP contribution in [0.25, 0.3) is 0 Å². The monoisotopic (exact) mass is 253 g/mol. The van der Waals surface area contributed by atoms with E-state index in [1.807, 2.05) is 19.9 Å². The number of aliphatic hydroxyl groups excluding tert-OH is 1. The van der Waals surface area contributed by atoms with E-state index >= 15 is 0 Å². The Kier molecular flexibility index (Phi) is 3.59. The summed E-state index contributed by atoms with van der Waals surface area (Å²) >= 11 is 0. The van der Waals surface area contributed by atoms with Crippen LogP contribution >= 0.6 is 0 Å². The van der Waals surface area contributed by atoms with Crippen LogP contribution in [0.3, 0.4) is 0 Å². The van der Waals surface area contributed by atoms with Gasteiger partial charge in [-0.05, 0) is 32.9 Å². The van der Waals surface area contributed by atoms with Crippen molar-refractivity contribution in [3.8, 4) is 0 Å². The quantitative estimate of drug-likeness (QED) is 0.879. The van der Waals surface area contributed by atoms with E-state index in [9.17, 15) is 9.50 Å². The summed E-state index contributed by atoms with van der Waals surface area (Å²) in [5.41, 5.74) is 0.886. The molecule has 2 rings (SSSR count). The minimum atomic E-state index is -0.813. The lowest BCUT2D eigenvalue weighted by Crippen LogP contribution is -2.48. The van der Waals surface area contributed by atoms with Gasteiger partial charge in [0.25, 0.3) is 0 Å². The summed E-state index contributed by atoms with van der Waals surface area (Å²) < 4.78 is 19.5. The van der Waals surface area contributed by atoms with Crippen molar-refractivity contribution in [1.82, 2.24) is 0 Å². The van der Waals surface area contributed by atoms with Crippen LogP contribution in [0.1, 0.15) is 32.4 Å². The van der Waals surface area contributed by atoms with Crippen molar-refractivity contribution in [3.63, 3.8) is 0 Å². The van der Waals surface area contributed by atoms with Crippen LogP contribution in [-0.2, 0) is 4.74 Å². The average molecular weight is 253 g/mol. The summed E-state index contributed by atoms with van der Waals surface area (Å²) in [6.07, 6.45) is -0.813. The van der Waals surface area contributed by atoms with Crippen LogP contribution < -0.4 is 4.90 Å². The van der Waals surface area contributed by atoms with Gasteiger partial charge < -0.3 is 14.7 Å². The molecular formula is C14H20FNO2. The topological polar surface area (TPSA) is 32.7 Å². The molecule has 18 heavy (non-hydrogen) atoms. The molecule has 0 radical (unpaired) electrons. The second-order valence-electron chi connectivity index (χ2n) is 5.38. The Balaban J connectivity index is 2.36. The molecule has 0 bridgehead atoms. The molecule has 0 amide bonds. The smallest absolute Gasteiger partial charge is 0.131 e. The maximum atomic E-state index is 13.8. The molecule has 1 heterocycles. The SMILES string of the molecule is CC(O)c1c(F)cccc1N1CCOC(C)(C)C1. The molecule has 0 spiro atoms. The van der Waals surface area contributed by atoms with E-state index in [0.29, 0.717) is 25.3 Å². The minimum absolute atomic E-state index is 0.249. The highest BCUT2D eigenvalue weighted by atomic mass is 19.1. The van der Waals surface area contributed by atoms with E-state index in [0.717, 1.165) is 5.69 Å². The largest absolute Gasteiger partial charge is 0.389 e. The maximum Gasteiger partial charge on any atom is 0.131 e. The maximum absolute atomic E-state index is 13.8. The summed E-state index contributed by atoms with van der Waals surface area (Å²) in [6, 6.07) is 4.92. The lowest BCUT2D eigenvalue weighted by molar-refractivity contribution is -0.0278. The molecule has 1 N–H and O–H groups in total. The third-order valence-corrected chi connectivity index (χ3v) is 3.21. The zero-order valence-electron chi connectivity index (χ0n) is 11.1. The Bertz CT molecular complexity index is 432. The van der Waals surface area contributed by atoms with Crippen molar-refractivity contribution in [1.29, 1.82) is 0 Å². The molecule has 3 nitrogen and oxygen atoms in total. The molecule has 1 atom stereocenters. The second kappa shape index (κ2) is 4.86. The molecule has 1 unspecified atom stereocenters. The lowest BCUT2D eigenvalue weighted by Gasteiger charge is -2.40.